The molecule has 1 aliphatic rings. The lowest BCUT2D eigenvalue weighted by Gasteiger charge is -2.29. The van der Waals surface area contributed by atoms with E-state index in [-0.39, 0.29) is 14.9 Å². The zero-order valence-electron chi connectivity index (χ0n) is 14.8. The minimum atomic E-state index is -3.63. The molecule has 0 atom stereocenters. The molecule has 5 nitrogen and oxygen atoms in total. The van der Waals surface area contributed by atoms with Crippen LogP contribution in [0.4, 0.5) is 10.1 Å². The molecule has 1 fully saturated rings. The van der Waals surface area contributed by atoms with E-state index in [4.69, 9.17) is 0 Å². The Labute approximate surface area is 166 Å². The van der Waals surface area contributed by atoms with Gasteiger partial charge >= 0.3 is 0 Å². The summed E-state index contributed by atoms with van der Waals surface area (Å²) in [4.78, 5) is 12.6. The molecule has 1 aliphatic heterocycles. The molecule has 144 valence electrons. The number of carbonyl (C=O) groups is 1. The number of anilines is 1. The average molecular weight is 455 g/mol. The van der Waals surface area contributed by atoms with Gasteiger partial charge < -0.3 is 5.32 Å². The van der Waals surface area contributed by atoms with Crippen molar-refractivity contribution in [3.05, 3.63) is 58.3 Å². The second-order valence-electron chi connectivity index (χ2n) is 6.70. The molecule has 2 aromatic rings. The number of carbonyl (C=O) groups excluding carboxylic acids is 1. The van der Waals surface area contributed by atoms with Gasteiger partial charge in [-0.1, -0.05) is 13.0 Å². The molecule has 0 radical (unpaired) electrons. The van der Waals surface area contributed by atoms with E-state index in [1.807, 2.05) is 0 Å². The predicted molar refractivity (Wildman–Crippen MR) is 106 cm³/mol. The molecule has 1 amide bonds. The van der Waals surface area contributed by atoms with Crippen LogP contribution in [0.2, 0.25) is 0 Å². The molecule has 2 aromatic carbocycles. The zero-order valence-corrected chi connectivity index (χ0v) is 17.2. The number of amides is 1. The molecule has 27 heavy (non-hydrogen) atoms. The number of rotatable bonds is 4. The Morgan fingerprint density at radius 1 is 1.19 bits per heavy atom. The van der Waals surface area contributed by atoms with Gasteiger partial charge in [-0.3, -0.25) is 4.79 Å². The minimum Gasteiger partial charge on any atom is -0.322 e. The van der Waals surface area contributed by atoms with Crippen molar-refractivity contribution in [2.24, 2.45) is 5.92 Å². The van der Waals surface area contributed by atoms with Crippen LogP contribution in [0, 0.1) is 11.7 Å². The number of hydrogen-bond acceptors (Lipinski definition) is 3. The van der Waals surface area contributed by atoms with Gasteiger partial charge in [-0.25, -0.2) is 12.8 Å². The van der Waals surface area contributed by atoms with Gasteiger partial charge in [-0.2, -0.15) is 4.31 Å². The van der Waals surface area contributed by atoms with Gasteiger partial charge in [-0.05, 0) is 71.1 Å². The molecule has 0 spiro atoms. The third-order valence-electron chi connectivity index (χ3n) is 4.65. The molecule has 3 rings (SSSR count). The Hall–Kier alpha value is -1.77. The van der Waals surface area contributed by atoms with E-state index in [0.29, 0.717) is 24.7 Å². The minimum absolute atomic E-state index is 0.102. The van der Waals surface area contributed by atoms with Crippen LogP contribution in [0.15, 0.2) is 51.8 Å². The van der Waals surface area contributed by atoms with Crippen molar-refractivity contribution in [3.63, 3.8) is 0 Å². The van der Waals surface area contributed by atoms with Crippen LogP contribution >= 0.6 is 15.9 Å². The second kappa shape index (κ2) is 8.08. The molecular weight excluding hydrogens is 435 g/mol. The lowest BCUT2D eigenvalue weighted by Crippen LogP contribution is -2.37. The van der Waals surface area contributed by atoms with Gasteiger partial charge in [0.1, 0.15) is 5.82 Å². The summed E-state index contributed by atoms with van der Waals surface area (Å²) < 4.78 is 40.7. The highest BCUT2D eigenvalue weighted by Crippen LogP contribution is 2.25. The van der Waals surface area contributed by atoms with E-state index in [1.54, 1.807) is 12.1 Å². The quantitative estimate of drug-likeness (QED) is 0.750. The number of piperidine rings is 1. The SMILES string of the molecule is CC1CCN(S(=O)(=O)c2cccc(C(=O)Nc3ccc(F)c(Br)c3)c2)CC1. The Bertz CT molecular complexity index is 957. The summed E-state index contributed by atoms with van der Waals surface area (Å²) >= 11 is 3.07. The van der Waals surface area contributed by atoms with Crippen molar-refractivity contribution in [2.45, 2.75) is 24.7 Å². The fourth-order valence-corrected chi connectivity index (χ4v) is 4.84. The largest absolute Gasteiger partial charge is 0.322 e. The maximum Gasteiger partial charge on any atom is 0.255 e. The van der Waals surface area contributed by atoms with Gasteiger partial charge in [0.15, 0.2) is 0 Å². The van der Waals surface area contributed by atoms with E-state index in [1.165, 1.54) is 34.6 Å². The Morgan fingerprint density at radius 3 is 2.56 bits per heavy atom. The van der Waals surface area contributed by atoms with Gasteiger partial charge in [0.2, 0.25) is 10.0 Å². The first-order valence-electron chi connectivity index (χ1n) is 8.64. The zero-order chi connectivity index (χ0) is 19.6. The predicted octanol–water partition coefficient (Wildman–Crippen LogP) is 4.26. The first-order valence-corrected chi connectivity index (χ1v) is 10.9. The van der Waals surface area contributed by atoms with Crippen molar-refractivity contribution in [1.82, 2.24) is 4.31 Å². The van der Waals surface area contributed by atoms with E-state index in [0.717, 1.165) is 12.8 Å². The van der Waals surface area contributed by atoms with Crippen LogP contribution in [0.25, 0.3) is 0 Å². The first kappa shape index (κ1) is 20.0. The van der Waals surface area contributed by atoms with Gasteiger partial charge in [0, 0.05) is 24.3 Å². The third-order valence-corrected chi connectivity index (χ3v) is 7.16. The second-order valence-corrected chi connectivity index (χ2v) is 9.49. The van der Waals surface area contributed by atoms with Crippen LogP contribution in [-0.2, 0) is 10.0 Å². The van der Waals surface area contributed by atoms with Crippen LogP contribution in [0.5, 0.6) is 0 Å². The van der Waals surface area contributed by atoms with Crippen molar-refractivity contribution in [1.29, 1.82) is 0 Å². The monoisotopic (exact) mass is 454 g/mol. The summed E-state index contributed by atoms with van der Waals surface area (Å²) in [6.07, 6.45) is 1.66. The molecule has 1 heterocycles. The van der Waals surface area contributed by atoms with Crippen molar-refractivity contribution in [2.75, 3.05) is 18.4 Å². The maximum absolute atomic E-state index is 13.3. The lowest BCUT2D eigenvalue weighted by atomic mass is 10.0. The maximum atomic E-state index is 13.3. The number of halogens is 2. The highest BCUT2D eigenvalue weighted by molar-refractivity contribution is 9.10. The first-order chi connectivity index (χ1) is 12.8. The smallest absolute Gasteiger partial charge is 0.255 e. The van der Waals surface area contributed by atoms with E-state index < -0.39 is 21.7 Å². The molecule has 8 heteroatoms. The van der Waals surface area contributed by atoms with Crippen molar-refractivity contribution >= 4 is 37.5 Å². The van der Waals surface area contributed by atoms with Crippen LogP contribution < -0.4 is 5.32 Å². The van der Waals surface area contributed by atoms with Crippen molar-refractivity contribution < 1.29 is 17.6 Å². The lowest BCUT2D eigenvalue weighted by molar-refractivity contribution is 0.102. The molecule has 0 aliphatic carbocycles. The Morgan fingerprint density at radius 2 is 1.89 bits per heavy atom. The average Bonchev–Trinajstić information content (AvgIpc) is 2.65. The fraction of sp³-hybridized carbons (Fsp3) is 0.316. The topological polar surface area (TPSA) is 66.5 Å². The summed E-state index contributed by atoms with van der Waals surface area (Å²) in [5.41, 5.74) is 0.633. The van der Waals surface area contributed by atoms with Crippen molar-refractivity contribution in [3.8, 4) is 0 Å². The molecule has 0 aromatic heterocycles. The molecule has 0 saturated carbocycles. The summed E-state index contributed by atoms with van der Waals surface area (Å²) in [7, 11) is -3.63. The highest BCUT2D eigenvalue weighted by atomic mass is 79.9. The third kappa shape index (κ3) is 4.56. The number of sulfonamides is 1. The Balaban J connectivity index is 1.80. The normalized spacial score (nSPS) is 16.3. The van der Waals surface area contributed by atoms with Crippen LogP contribution in [0.1, 0.15) is 30.1 Å². The summed E-state index contributed by atoms with van der Waals surface area (Å²) in [5.74, 6) is -0.377. The molecule has 0 unspecified atom stereocenters. The highest BCUT2D eigenvalue weighted by Gasteiger charge is 2.28. The summed E-state index contributed by atoms with van der Waals surface area (Å²) in [5, 5.41) is 2.65. The summed E-state index contributed by atoms with van der Waals surface area (Å²) in [6, 6.07) is 10.1. The number of nitrogens with one attached hydrogen (secondary N) is 1. The number of hydrogen-bond donors (Lipinski definition) is 1. The van der Waals surface area contributed by atoms with Crippen LogP contribution in [-0.4, -0.2) is 31.7 Å². The molecular formula is C19H20BrFN2O3S. The van der Waals surface area contributed by atoms with E-state index >= 15 is 0 Å². The van der Waals surface area contributed by atoms with Crippen LogP contribution in [0.3, 0.4) is 0 Å². The van der Waals surface area contributed by atoms with Gasteiger partial charge in [0.25, 0.3) is 5.91 Å². The van der Waals surface area contributed by atoms with Gasteiger partial charge in [0.05, 0.1) is 9.37 Å². The molecule has 0 bridgehead atoms. The number of nitrogens with zero attached hydrogens (tertiary/aromatic N) is 1. The molecule has 1 N–H and O–H groups in total. The Kier molecular flexibility index (Phi) is 5.98. The van der Waals surface area contributed by atoms with Gasteiger partial charge in [-0.15, -0.1) is 0 Å². The summed E-state index contributed by atoms with van der Waals surface area (Å²) in [6.45, 7) is 3.09. The van der Waals surface area contributed by atoms with E-state index in [2.05, 4.69) is 28.2 Å². The molecule has 1 saturated heterocycles. The standard InChI is InChI=1S/C19H20BrFN2O3S/c1-13-7-9-23(10-8-13)27(25,26)16-4-2-3-14(11-16)19(24)22-15-5-6-18(21)17(20)12-15/h2-6,11-13H,7-10H2,1H3,(H,22,24). The van der Waals surface area contributed by atoms with E-state index in [9.17, 15) is 17.6 Å². The fourth-order valence-electron chi connectivity index (χ4n) is 2.95. The number of benzene rings is 2.